The predicted octanol–water partition coefficient (Wildman–Crippen LogP) is 4.56. The first kappa shape index (κ1) is 13.9. The van der Waals surface area contributed by atoms with Crippen LogP contribution in [0.1, 0.15) is 24.5 Å². The summed E-state index contributed by atoms with van der Waals surface area (Å²) in [6.45, 7) is 2.69. The molecule has 0 aliphatic heterocycles. The minimum absolute atomic E-state index is 0.513. The molecule has 2 aromatic carbocycles. The van der Waals surface area contributed by atoms with E-state index in [4.69, 9.17) is 10.5 Å². The summed E-state index contributed by atoms with van der Waals surface area (Å²) in [7, 11) is 0. The van der Waals surface area contributed by atoms with Crippen LogP contribution in [0.4, 0.5) is 5.69 Å². The SMILES string of the molecule is CCCc1ccc(OCc2cccc(N)c2Br)cc1. The molecule has 0 fully saturated rings. The zero-order valence-electron chi connectivity index (χ0n) is 11.0. The van der Waals surface area contributed by atoms with E-state index in [1.54, 1.807) is 0 Å². The van der Waals surface area contributed by atoms with Gasteiger partial charge in [0.15, 0.2) is 0 Å². The predicted molar refractivity (Wildman–Crippen MR) is 83.3 cm³/mol. The summed E-state index contributed by atoms with van der Waals surface area (Å²) in [5, 5.41) is 0. The molecule has 0 radical (unpaired) electrons. The topological polar surface area (TPSA) is 35.2 Å². The first-order valence-corrected chi connectivity index (χ1v) is 7.24. The number of rotatable bonds is 5. The molecule has 0 atom stereocenters. The Bertz CT molecular complexity index is 537. The van der Waals surface area contributed by atoms with Gasteiger partial charge in [0, 0.05) is 15.7 Å². The zero-order valence-corrected chi connectivity index (χ0v) is 12.6. The van der Waals surface area contributed by atoms with Crippen molar-refractivity contribution in [2.24, 2.45) is 0 Å². The van der Waals surface area contributed by atoms with Crippen molar-refractivity contribution in [1.82, 2.24) is 0 Å². The molecule has 0 heterocycles. The molecule has 2 N–H and O–H groups in total. The Morgan fingerprint density at radius 3 is 2.53 bits per heavy atom. The number of hydrogen-bond acceptors (Lipinski definition) is 2. The molecular weight excluding hydrogens is 302 g/mol. The number of aryl methyl sites for hydroxylation is 1. The molecular formula is C16H18BrNO. The lowest BCUT2D eigenvalue weighted by Gasteiger charge is -2.10. The fraction of sp³-hybridized carbons (Fsp3) is 0.250. The van der Waals surface area contributed by atoms with E-state index in [2.05, 4.69) is 35.0 Å². The molecule has 2 nitrogen and oxygen atoms in total. The fourth-order valence-corrected chi connectivity index (χ4v) is 2.29. The van der Waals surface area contributed by atoms with Crippen molar-refractivity contribution >= 4 is 21.6 Å². The highest BCUT2D eigenvalue weighted by Gasteiger charge is 2.03. The number of nitrogens with two attached hydrogens (primary N) is 1. The largest absolute Gasteiger partial charge is 0.489 e. The van der Waals surface area contributed by atoms with E-state index in [0.29, 0.717) is 6.61 Å². The van der Waals surface area contributed by atoms with Crippen LogP contribution in [0, 0.1) is 0 Å². The molecule has 0 amide bonds. The number of ether oxygens (including phenoxy) is 1. The van der Waals surface area contributed by atoms with Gasteiger partial charge in [0.1, 0.15) is 12.4 Å². The van der Waals surface area contributed by atoms with E-state index >= 15 is 0 Å². The second kappa shape index (κ2) is 6.62. The lowest BCUT2D eigenvalue weighted by Crippen LogP contribution is -1.98. The maximum atomic E-state index is 5.84. The van der Waals surface area contributed by atoms with Crippen molar-refractivity contribution in [3.8, 4) is 5.75 Å². The van der Waals surface area contributed by atoms with Crippen LogP contribution in [0.2, 0.25) is 0 Å². The van der Waals surface area contributed by atoms with E-state index in [1.165, 1.54) is 5.56 Å². The molecule has 0 aromatic heterocycles. The van der Waals surface area contributed by atoms with Crippen LogP contribution in [-0.2, 0) is 13.0 Å². The standard InChI is InChI=1S/C16H18BrNO/c1-2-4-12-7-9-14(10-8-12)19-11-13-5-3-6-15(18)16(13)17/h3,5-10H,2,4,11,18H2,1H3. The second-order valence-electron chi connectivity index (χ2n) is 4.50. The Balaban J connectivity index is 2.00. The van der Waals surface area contributed by atoms with Crippen molar-refractivity contribution in [3.63, 3.8) is 0 Å². The second-order valence-corrected chi connectivity index (χ2v) is 5.30. The molecule has 2 rings (SSSR count). The molecule has 0 saturated carbocycles. The van der Waals surface area contributed by atoms with Crippen LogP contribution < -0.4 is 10.5 Å². The van der Waals surface area contributed by atoms with Gasteiger partial charge < -0.3 is 10.5 Å². The lowest BCUT2D eigenvalue weighted by atomic mass is 10.1. The molecule has 0 bridgehead atoms. The van der Waals surface area contributed by atoms with Gasteiger partial charge in [-0.05, 0) is 46.1 Å². The molecule has 19 heavy (non-hydrogen) atoms. The summed E-state index contributed by atoms with van der Waals surface area (Å²) in [6, 6.07) is 14.1. The fourth-order valence-electron chi connectivity index (χ4n) is 1.91. The van der Waals surface area contributed by atoms with Gasteiger partial charge in [-0.15, -0.1) is 0 Å². The van der Waals surface area contributed by atoms with Crippen LogP contribution in [0.5, 0.6) is 5.75 Å². The highest BCUT2D eigenvalue weighted by molar-refractivity contribution is 9.10. The van der Waals surface area contributed by atoms with Gasteiger partial charge in [0.2, 0.25) is 0 Å². The van der Waals surface area contributed by atoms with Crippen molar-refractivity contribution in [1.29, 1.82) is 0 Å². The van der Waals surface area contributed by atoms with E-state index in [1.807, 2.05) is 30.3 Å². The van der Waals surface area contributed by atoms with Crippen LogP contribution in [-0.4, -0.2) is 0 Å². The van der Waals surface area contributed by atoms with Gasteiger partial charge in [0.25, 0.3) is 0 Å². The van der Waals surface area contributed by atoms with E-state index in [-0.39, 0.29) is 0 Å². The Labute approximate surface area is 122 Å². The molecule has 0 spiro atoms. The minimum atomic E-state index is 0.513. The van der Waals surface area contributed by atoms with Gasteiger partial charge in [-0.3, -0.25) is 0 Å². The number of anilines is 1. The molecule has 100 valence electrons. The van der Waals surface area contributed by atoms with Crippen LogP contribution >= 0.6 is 15.9 Å². The number of halogens is 1. The lowest BCUT2D eigenvalue weighted by molar-refractivity contribution is 0.305. The molecule has 0 aliphatic rings. The average Bonchev–Trinajstić information content (AvgIpc) is 2.42. The smallest absolute Gasteiger partial charge is 0.119 e. The number of benzene rings is 2. The molecule has 3 heteroatoms. The Morgan fingerprint density at radius 2 is 1.84 bits per heavy atom. The quantitative estimate of drug-likeness (QED) is 0.820. The third-order valence-corrected chi connectivity index (χ3v) is 3.93. The summed E-state index contributed by atoms with van der Waals surface area (Å²) in [4.78, 5) is 0. The summed E-state index contributed by atoms with van der Waals surface area (Å²) in [6.07, 6.45) is 2.28. The minimum Gasteiger partial charge on any atom is -0.489 e. The van der Waals surface area contributed by atoms with Gasteiger partial charge in [-0.1, -0.05) is 37.6 Å². The molecule has 2 aromatic rings. The van der Waals surface area contributed by atoms with E-state index < -0.39 is 0 Å². The zero-order chi connectivity index (χ0) is 13.7. The maximum Gasteiger partial charge on any atom is 0.119 e. The van der Waals surface area contributed by atoms with Gasteiger partial charge in [0.05, 0.1) is 0 Å². The first-order valence-electron chi connectivity index (χ1n) is 6.45. The average molecular weight is 320 g/mol. The third-order valence-electron chi connectivity index (χ3n) is 2.96. The first-order chi connectivity index (χ1) is 9.20. The monoisotopic (exact) mass is 319 g/mol. The normalized spacial score (nSPS) is 10.4. The summed E-state index contributed by atoms with van der Waals surface area (Å²) in [5.74, 6) is 0.883. The van der Waals surface area contributed by atoms with E-state index in [9.17, 15) is 0 Å². The molecule has 0 aliphatic carbocycles. The maximum absolute atomic E-state index is 5.84. The van der Waals surface area contributed by atoms with Crippen molar-refractivity contribution in [2.75, 3.05) is 5.73 Å². The van der Waals surface area contributed by atoms with Crippen LogP contribution in [0.3, 0.4) is 0 Å². The highest BCUT2D eigenvalue weighted by atomic mass is 79.9. The van der Waals surface area contributed by atoms with Gasteiger partial charge >= 0.3 is 0 Å². The van der Waals surface area contributed by atoms with Crippen molar-refractivity contribution in [2.45, 2.75) is 26.4 Å². The summed E-state index contributed by atoms with van der Waals surface area (Å²) >= 11 is 3.48. The van der Waals surface area contributed by atoms with Gasteiger partial charge in [-0.2, -0.15) is 0 Å². The van der Waals surface area contributed by atoms with E-state index in [0.717, 1.165) is 34.3 Å². The third kappa shape index (κ3) is 3.74. The summed E-state index contributed by atoms with van der Waals surface area (Å²) in [5.41, 5.74) is 8.98. The van der Waals surface area contributed by atoms with Crippen molar-refractivity contribution < 1.29 is 4.74 Å². The molecule has 0 saturated heterocycles. The Hall–Kier alpha value is -1.48. The van der Waals surface area contributed by atoms with Crippen molar-refractivity contribution in [3.05, 3.63) is 58.1 Å². The summed E-state index contributed by atoms with van der Waals surface area (Å²) < 4.78 is 6.69. The number of nitrogen functional groups attached to an aromatic ring is 1. The highest BCUT2D eigenvalue weighted by Crippen LogP contribution is 2.25. The Morgan fingerprint density at radius 1 is 1.11 bits per heavy atom. The van der Waals surface area contributed by atoms with Crippen LogP contribution in [0.25, 0.3) is 0 Å². The Kier molecular flexibility index (Phi) is 4.86. The molecule has 0 unspecified atom stereocenters. The van der Waals surface area contributed by atoms with Gasteiger partial charge in [-0.25, -0.2) is 0 Å². The number of hydrogen-bond donors (Lipinski definition) is 1. The van der Waals surface area contributed by atoms with Crippen LogP contribution in [0.15, 0.2) is 46.9 Å².